The fourth-order valence-electron chi connectivity index (χ4n) is 2.33. The summed E-state index contributed by atoms with van der Waals surface area (Å²) in [5.41, 5.74) is 7.72. The normalized spacial score (nSPS) is 11.0. The lowest BCUT2D eigenvalue weighted by molar-refractivity contribution is 0.254. The van der Waals surface area contributed by atoms with Gasteiger partial charge < -0.3 is 5.73 Å². The zero-order valence-corrected chi connectivity index (χ0v) is 12.7. The average molecular weight is 307 g/mol. The smallest absolute Gasteiger partial charge is 0.125 e. The first kappa shape index (κ1) is 16.0. The highest BCUT2D eigenvalue weighted by molar-refractivity contribution is 6.30. The third-order valence-corrected chi connectivity index (χ3v) is 3.47. The summed E-state index contributed by atoms with van der Waals surface area (Å²) in [7, 11) is 0. The quantitative estimate of drug-likeness (QED) is 0.842. The molecule has 0 spiro atoms. The molecule has 0 saturated heterocycles. The summed E-state index contributed by atoms with van der Waals surface area (Å²) in [6.07, 6.45) is 0.913. The molecule has 0 aliphatic carbocycles. The summed E-state index contributed by atoms with van der Waals surface area (Å²) in [4.78, 5) is 2.26. The van der Waals surface area contributed by atoms with Gasteiger partial charge in [0.1, 0.15) is 5.82 Å². The zero-order valence-electron chi connectivity index (χ0n) is 11.9. The first-order valence-electron chi connectivity index (χ1n) is 7.08. The Labute approximate surface area is 130 Å². The molecule has 2 rings (SSSR count). The van der Waals surface area contributed by atoms with Crippen LogP contribution in [0.4, 0.5) is 4.39 Å². The van der Waals surface area contributed by atoms with Crippen molar-refractivity contribution in [1.29, 1.82) is 0 Å². The summed E-state index contributed by atoms with van der Waals surface area (Å²) in [5.74, 6) is -0.295. The molecule has 0 fully saturated rings. The molecule has 4 heteroatoms. The van der Waals surface area contributed by atoms with Gasteiger partial charge in [-0.2, -0.15) is 0 Å². The minimum absolute atomic E-state index is 0.295. The van der Waals surface area contributed by atoms with Crippen LogP contribution in [0.3, 0.4) is 0 Å². The Morgan fingerprint density at radius 1 is 1.00 bits per heavy atom. The summed E-state index contributed by atoms with van der Waals surface area (Å²) in [6, 6.07) is 14.9. The van der Waals surface area contributed by atoms with Crippen molar-refractivity contribution in [3.63, 3.8) is 0 Å². The molecule has 21 heavy (non-hydrogen) atoms. The van der Waals surface area contributed by atoms with Crippen LogP contribution in [0.15, 0.2) is 48.5 Å². The molecule has 112 valence electrons. The molecule has 0 bridgehead atoms. The second kappa shape index (κ2) is 8.13. The van der Waals surface area contributed by atoms with Crippen LogP contribution < -0.4 is 5.73 Å². The number of nitrogens with zero attached hydrogens (tertiary/aromatic N) is 1. The maximum Gasteiger partial charge on any atom is 0.125 e. The number of rotatable bonds is 7. The highest BCUT2D eigenvalue weighted by atomic mass is 35.5. The number of benzene rings is 2. The minimum atomic E-state index is -0.295. The SMILES string of the molecule is NCCCN(Cc1ccccc1)Cc1cc(F)cc(Cl)c1. The van der Waals surface area contributed by atoms with Crippen molar-refractivity contribution in [3.05, 3.63) is 70.5 Å². The van der Waals surface area contributed by atoms with E-state index < -0.39 is 0 Å². The molecule has 0 aliphatic heterocycles. The Hall–Kier alpha value is -1.42. The molecule has 0 unspecified atom stereocenters. The zero-order chi connectivity index (χ0) is 15.1. The fraction of sp³-hybridized carbons (Fsp3) is 0.294. The van der Waals surface area contributed by atoms with E-state index in [0.717, 1.165) is 25.1 Å². The van der Waals surface area contributed by atoms with Crippen molar-refractivity contribution >= 4 is 11.6 Å². The van der Waals surface area contributed by atoms with Crippen LogP contribution >= 0.6 is 11.6 Å². The van der Waals surface area contributed by atoms with Crippen LogP contribution in [0, 0.1) is 5.82 Å². The third kappa shape index (κ3) is 5.46. The lowest BCUT2D eigenvalue weighted by Gasteiger charge is -2.22. The van der Waals surface area contributed by atoms with Crippen LogP contribution in [0.25, 0.3) is 0 Å². The van der Waals surface area contributed by atoms with Crippen molar-refractivity contribution < 1.29 is 4.39 Å². The second-order valence-corrected chi connectivity index (χ2v) is 5.55. The average Bonchev–Trinajstić information content (AvgIpc) is 2.45. The molecule has 2 N–H and O–H groups in total. The van der Waals surface area contributed by atoms with Gasteiger partial charge in [0.05, 0.1) is 0 Å². The first-order valence-corrected chi connectivity index (χ1v) is 7.46. The van der Waals surface area contributed by atoms with E-state index in [4.69, 9.17) is 17.3 Å². The largest absolute Gasteiger partial charge is 0.330 e. The standard InChI is InChI=1S/C17H20ClFN2/c18-16-9-15(10-17(19)11-16)13-21(8-4-7-20)12-14-5-2-1-3-6-14/h1-3,5-6,9-11H,4,7-8,12-13,20H2. The van der Waals surface area contributed by atoms with E-state index in [2.05, 4.69) is 17.0 Å². The van der Waals surface area contributed by atoms with Gasteiger partial charge in [-0.15, -0.1) is 0 Å². The van der Waals surface area contributed by atoms with Crippen molar-refractivity contribution in [2.75, 3.05) is 13.1 Å². The molecule has 0 aliphatic rings. The fourth-order valence-corrected chi connectivity index (χ4v) is 2.58. The summed E-state index contributed by atoms with van der Waals surface area (Å²) < 4.78 is 13.4. The van der Waals surface area contributed by atoms with Crippen LogP contribution in [-0.4, -0.2) is 18.0 Å². The van der Waals surface area contributed by atoms with Gasteiger partial charge in [0.2, 0.25) is 0 Å². The molecular weight excluding hydrogens is 287 g/mol. The highest BCUT2D eigenvalue weighted by Gasteiger charge is 2.08. The van der Waals surface area contributed by atoms with Crippen molar-refractivity contribution in [2.24, 2.45) is 5.73 Å². The Morgan fingerprint density at radius 2 is 1.71 bits per heavy atom. The lowest BCUT2D eigenvalue weighted by Crippen LogP contribution is -2.25. The first-order chi connectivity index (χ1) is 10.2. The van der Waals surface area contributed by atoms with Gasteiger partial charge >= 0.3 is 0 Å². The van der Waals surface area contributed by atoms with Gasteiger partial charge in [0.15, 0.2) is 0 Å². The predicted octanol–water partition coefficient (Wildman–Crippen LogP) is 3.83. The van der Waals surface area contributed by atoms with Gasteiger partial charge in [-0.25, -0.2) is 4.39 Å². The molecule has 0 heterocycles. The van der Waals surface area contributed by atoms with E-state index >= 15 is 0 Å². The summed E-state index contributed by atoms with van der Waals surface area (Å²) in [6.45, 7) is 3.00. The van der Waals surface area contributed by atoms with Gasteiger partial charge in [0, 0.05) is 24.7 Å². The van der Waals surface area contributed by atoms with E-state index in [1.165, 1.54) is 17.7 Å². The molecule has 2 aromatic rings. The van der Waals surface area contributed by atoms with E-state index in [1.54, 1.807) is 0 Å². The Bertz CT molecular complexity index is 540. The van der Waals surface area contributed by atoms with E-state index in [9.17, 15) is 4.39 Å². The van der Waals surface area contributed by atoms with Crippen LogP contribution in [0.1, 0.15) is 17.5 Å². The van der Waals surface area contributed by atoms with E-state index in [-0.39, 0.29) is 5.82 Å². The molecule has 0 radical (unpaired) electrons. The molecular formula is C17H20ClFN2. The van der Waals surface area contributed by atoms with Crippen LogP contribution in [-0.2, 0) is 13.1 Å². The number of halogens is 2. The third-order valence-electron chi connectivity index (χ3n) is 3.26. The van der Waals surface area contributed by atoms with Crippen LogP contribution in [0.2, 0.25) is 5.02 Å². The number of nitrogens with two attached hydrogens (primary N) is 1. The van der Waals surface area contributed by atoms with Gasteiger partial charge in [-0.1, -0.05) is 41.9 Å². The molecule has 2 aromatic carbocycles. The van der Waals surface area contributed by atoms with Crippen molar-refractivity contribution in [1.82, 2.24) is 4.90 Å². The Kier molecular flexibility index (Phi) is 6.18. The van der Waals surface area contributed by atoms with Crippen LogP contribution in [0.5, 0.6) is 0 Å². The Morgan fingerprint density at radius 3 is 2.38 bits per heavy atom. The number of hydrogen-bond donors (Lipinski definition) is 1. The Balaban J connectivity index is 2.08. The maximum atomic E-state index is 13.4. The second-order valence-electron chi connectivity index (χ2n) is 5.12. The van der Waals surface area contributed by atoms with Crippen molar-refractivity contribution in [3.8, 4) is 0 Å². The summed E-state index contributed by atoms with van der Waals surface area (Å²) >= 11 is 5.92. The number of hydrogen-bond acceptors (Lipinski definition) is 2. The van der Waals surface area contributed by atoms with Crippen molar-refractivity contribution in [2.45, 2.75) is 19.5 Å². The monoisotopic (exact) mass is 306 g/mol. The molecule has 0 aromatic heterocycles. The van der Waals surface area contributed by atoms with Gasteiger partial charge in [-0.3, -0.25) is 4.90 Å². The van der Waals surface area contributed by atoms with Gasteiger partial charge in [0.25, 0.3) is 0 Å². The molecule has 0 amide bonds. The molecule has 2 nitrogen and oxygen atoms in total. The minimum Gasteiger partial charge on any atom is -0.330 e. The molecule has 0 saturated carbocycles. The highest BCUT2D eigenvalue weighted by Crippen LogP contribution is 2.17. The molecule has 0 atom stereocenters. The maximum absolute atomic E-state index is 13.4. The van der Waals surface area contributed by atoms with E-state index in [0.29, 0.717) is 18.1 Å². The van der Waals surface area contributed by atoms with Gasteiger partial charge in [-0.05, 0) is 42.3 Å². The lowest BCUT2D eigenvalue weighted by atomic mass is 10.1. The predicted molar refractivity (Wildman–Crippen MR) is 85.6 cm³/mol. The summed E-state index contributed by atoms with van der Waals surface area (Å²) in [5, 5.41) is 0.434. The topological polar surface area (TPSA) is 29.3 Å². The van der Waals surface area contributed by atoms with E-state index in [1.807, 2.05) is 24.3 Å².